The van der Waals surface area contributed by atoms with E-state index in [-0.39, 0.29) is 0 Å². The van der Waals surface area contributed by atoms with Gasteiger partial charge < -0.3 is 4.90 Å². The van der Waals surface area contributed by atoms with Gasteiger partial charge in [-0.15, -0.1) is 0 Å². The van der Waals surface area contributed by atoms with Crippen LogP contribution in [-0.2, 0) is 0 Å². The molecule has 0 atom stereocenters. The van der Waals surface area contributed by atoms with Gasteiger partial charge in [-0.25, -0.2) is 0 Å². The Hall–Kier alpha value is -2.81. The standard InChI is InChI=1S/C27H35N3/c1-19(2)23-15-11-16-24(20(3)4)27(23)29-28-25(21-12-8-7-9-13-21)18-22-14-10-17-26(22)30(5)6/h7-13,15-17,19-20,29H,14,18H2,1-6H3. The van der Waals surface area contributed by atoms with Gasteiger partial charge in [0.15, 0.2) is 0 Å². The summed E-state index contributed by atoms with van der Waals surface area (Å²) in [5.74, 6) is 0.868. The molecule has 0 radical (unpaired) electrons. The van der Waals surface area contributed by atoms with Crippen LogP contribution < -0.4 is 5.43 Å². The molecule has 2 aromatic rings. The molecule has 0 spiro atoms. The second-order valence-electron chi connectivity index (χ2n) is 8.82. The first kappa shape index (κ1) is 21.9. The number of para-hydroxylation sites is 1. The summed E-state index contributed by atoms with van der Waals surface area (Å²) in [5, 5.41) is 4.99. The van der Waals surface area contributed by atoms with Crippen LogP contribution in [0.1, 0.15) is 69.1 Å². The van der Waals surface area contributed by atoms with Crippen molar-refractivity contribution < 1.29 is 0 Å². The molecule has 0 bridgehead atoms. The normalized spacial score (nSPS) is 14.2. The summed E-state index contributed by atoms with van der Waals surface area (Å²) in [4.78, 5) is 2.19. The highest BCUT2D eigenvalue weighted by Gasteiger charge is 2.17. The number of nitrogens with zero attached hydrogens (tertiary/aromatic N) is 2. The molecule has 0 saturated carbocycles. The van der Waals surface area contributed by atoms with Crippen LogP contribution in [0.5, 0.6) is 0 Å². The van der Waals surface area contributed by atoms with Gasteiger partial charge in [-0.05, 0) is 46.6 Å². The van der Waals surface area contributed by atoms with E-state index in [1.54, 1.807) is 0 Å². The Bertz CT molecular complexity index is 921. The van der Waals surface area contributed by atoms with Gasteiger partial charge in [0.05, 0.1) is 11.4 Å². The van der Waals surface area contributed by atoms with Crippen LogP contribution in [-0.4, -0.2) is 24.7 Å². The summed E-state index contributed by atoms with van der Waals surface area (Å²) in [6, 6.07) is 17.1. The van der Waals surface area contributed by atoms with Crippen LogP contribution in [0.3, 0.4) is 0 Å². The lowest BCUT2D eigenvalue weighted by Gasteiger charge is -2.20. The molecule has 1 aliphatic carbocycles. The second-order valence-corrected chi connectivity index (χ2v) is 8.82. The highest BCUT2D eigenvalue weighted by molar-refractivity contribution is 6.02. The summed E-state index contributed by atoms with van der Waals surface area (Å²) in [6.45, 7) is 8.96. The molecular weight excluding hydrogens is 366 g/mol. The van der Waals surface area contributed by atoms with Crippen LogP contribution in [0, 0.1) is 0 Å². The first-order valence-electron chi connectivity index (χ1n) is 10.9. The van der Waals surface area contributed by atoms with Gasteiger partial charge in [0, 0.05) is 26.2 Å². The molecule has 2 aromatic carbocycles. The number of hydrazone groups is 1. The van der Waals surface area contributed by atoms with Crippen molar-refractivity contribution in [3.05, 3.63) is 88.6 Å². The number of likely N-dealkylation sites (N-methyl/N-ethyl adjacent to an activating group) is 1. The van der Waals surface area contributed by atoms with Crippen molar-refractivity contribution in [3.8, 4) is 0 Å². The number of rotatable bonds is 8. The largest absolute Gasteiger partial charge is 0.378 e. The van der Waals surface area contributed by atoms with Crippen molar-refractivity contribution in [3.63, 3.8) is 0 Å². The van der Waals surface area contributed by atoms with Gasteiger partial charge in [-0.2, -0.15) is 5.10 Å². The molecule has 0 saturated heterocycles. The zero-order chi connectivity index (χ0) is 21.7. The molecule has 1 N–H and O–H groups in total. The highest BCUT2D eigenvalue weighted by Crippen LogP contribution is 2.33. The lowest BCUT2D eigenvalue weighted by atomic mass is 9.93. The van der Waals surface area contributed by atoms with E-state index < -0.39 is 0 Å². The molecular formula is C27H35N3. The van der Waals surface area contributed by atoms with Crippen molar-refractivity contribution in [2.75, 3.05) is 19.5 Å². The summed E-state index contributed by atoms with van der Waals surface area (Å²) < 4.78 is 0. The van der Waals surface area contributed by atoms with E-state index in [1.807, 2.05) is 0 Å². The first-order chi connectivity index (χ1) is 14.4. The SMILES string of the molecule is CC(C)c1cccc(C(C)C)c1NN=C(CC1=C(N(C)C)C=CC1)c1ccccc1. The van der Waals surface area contributed by atoms with E-state index in [4.69, 9.17) is 5.10 Å². The maximum Gasteiger partial charge on any atom is 0.0720 e. The zero-order valence-electron chi connectivity index (χ0n) is 19.2. The molecule has 0 heterocycles. The number of nitrogens with one attached hydrogen (secondary N) is 1. The fourth-order valence-electron chi connectivity index (χ4n) is 4.01. The maximum atomic E-state index is 4.99. The van der Waals surface area contributed by atoms with Gasteiger partial charge in [0.25, 0.3) is 0 Å². The maximum absolute atomic E-state index is 4.99. The van der Waals surface area contributed by atoms with Gasteiger partial charge in [0.1, 0.15) is 0 Å². The number of anilines is 1. The van der Waals surface area contributed by atoms with Gasteiger partial charge in [-0.3, -0.25) is 5.43 Å². The minimum atomic E-state index is 0.434. The molecule has 0 fully saturated rings. The Morgan fingerprint density at radius 1 is 0.933 bits per heavy atom. The lowest BCUT2D eigenvalue weighted by molar-refractivity contribution is 0.524. The van der Waals surface area contributed by atoms with Crippen molar-refractivity contribution >= 4 is 11.4 Å². The van der Waals surface area contributed by atoms with E-state index in [9.17, 15) is 0 Å². The molecule has 1 aliphatic rings. The third-order valence-corrected chi connectivity index (χ3v) is 5.65. The molecule has 158 valence electrons. The molecule has 0 unspecified atom stereocenters. The molecule has 30 heavy (non-hydrogen) atoms. The van der Waals surface area contributed by atoms with Crippen LogP contribution >= 0.6 is 0 Å². The molecule has 0 aliphatic heterocycles. The zero-order valence-corrected chi connectivity index (χ0v) is 19.2. The Labute approximate surface area is 182 Å². The fraction of sp³-hybridized carbons (Fsp3) is 0.370. The van der Waals surface area contributed by atoms with E-state index in [0.29, 0.717) is 11.8 Å². The Balaban J connectivity index is 2.01. The van der Waals surface area contributed by atoms with E-state index in [0.717, 1.165) is 29.8 Å². The Morgan fingerprint density at radius 3 is 2.13 bits per heavy atom. The summed E-state index contributed by atoms with van der Waals surface area (Å²) >= 11 is 0. The third-order valence-electron chi connectivity index (χ3n) is 5.65. The topological polar surface area (TPSA) is 27.6 Å². The molecule has 3 nitrogen and oxygen atoms in total. The van der Waals surface area contributed by atoms with Crippen molar-refractivity contribution in [1.29, 1.82) is 0 Å². The number of allylic oxidation sites excluding steroid dienone is 3. The van der Waals surface area contributed by atoms with E-state index in [1.165, 1.54) is 22.4 Å². The molecule has 0 amide bonds. The highest BCUT2D eigenvalue weighted by atomic mass is 15.3. The summed E-state index contributed by atoms with van der Waals surface area (Å²) in [7, 11) is 4.22. The predicted molar refractivity (Wildman–Crippen MR) is 130 cm³/mol. The van der Waals surface area contributed by atoms with Gasteiger partial charge in [-0.1, -0.05) is 82.3 Å². The van der Waals surface area contributed by atoms with Crippen LogP contribution in [0.15, 0.2) is 77.1 Å². The number of hydrogen-bond acceptors (Lipinski definition) is 3. The number of hydrogen-bond donors (Lipinski definition) is 1. The number of benzene rings is 2. The fourth-order valence-corrected chi connectivity index (χ4v) is 4.01. The molecule has 3 heteroatoms. The lowest BCUT2D eigenvalue weighted by Crippen LogP contribution is -2.13. The Kier molecular flexibility index (Phi) is 7.15. The van der Waals surface area contributed by atoms with Gasteiger partial charge >= 0.3 is 0 Å². The van der Waals surface area contributed by atoms with E-state index in [2.05, 4.69) is 113 Å². The van der Waals surface area contributed by atoms with Crippen LogP contribution in [0.25, 0.3) is 0 Å². The summed E-state index contributed by atoms with van der Waals surface area (Å²) in [5.41, 5.74) is 12.2. The first-order valence-corrected chi connectivity index (χ1v) is 10.9. The quantitative estimate of drug-likeness (QED) is 0.384. The van der Waals surface area contributed by atoms with Crippen LogP contribution in [0.4, 0.5) is 5.69 Å². The van der Waals surface area contributed by atoms with Crippen molar-refractivity contribution in [2.24, 2.45) is 5.10 Å². The average Bonchev–Trinajstić information content (AvgIpc) is 3.19. The predicted octanol–water partition coefficient (Wildman–Crippen LogP) is 6.92. The van der Waals surface area contributed by atoms with Crippen molar-refractivity contribution in [1.82, 2.24) is 4.90 Å². The summed E-state index contributed by atoms with van der Waals surface area (Å²) in [6.07, 6.45) is 6.28. The van der Waals surface area contributed by atoms with Crippen molar-refractivity contribution in [2.45, 2.75) is 52.4 Å². The van der Waals surface area contributed by atoms with E-state index >= 15 is 0 Å². The third kappa shape index (κ3) is 5.02. The van der Waals surface area contributed by atoms with Crippen LogP contribution in [0.2, 0.25) is 0 Å². The monoisotopic (exact) mass is 401 g/mol. The smallest absolute Gasteiger partial charge is 0.0720 e. The molecule has 0 aromatic heterocycles. The molecule has 3 rings (SSSR count). The average molecular weight is 402 g/mol. The second kappa shape index (κ2) is 9.80. The van der Waals surface area contributed by atoms with Gasteiger partial charge in [0.2, 0.25) is 0 Å². The minimum absolute atomic E-state index is 0.434. The Morgan fingerprint density at radius 2 is 1.57 bits per heavy atom. The minimum Gasteiger partial charge on any atom is -0.378 e.